The molecule has 0 radical (unpaired) electrons. The minimum Gasteiger partial charge on any atom is -0.379 e. The van der Waals surface area contributed by atoms with Crippen LogP contribution < -0.4 is 10.6 Å². The Hall–Kier alpha value is -2.08. The van der Waals surface area contributed by atoms with Gasteiger partial charge in [-0.1, -0.05) is 54.1 Å². The third-order valence-corrected chi connectivity index (χ3v) is 5.20. The van der Waals surface area contributed by atoms with Gasteiger partial charge < -0.3 is 15.4 Å². The number of benzene rings is 2. The van der Waals surface area contributed by atoms with Crippen molar-refractivity contribution in [3.8, 4) is 0 Å². The number of nitrogens with one attached hydrogen (secondary N) is 2. The van der Waals surface area contributed by atoms with E-state index < -0.39 is 0 Å². The van der Waals surface area contributed by atoms with E-state index >= 15 is 0 Å². The van der Waals surface area contributed by atoms with Gasteiger partial charge in [-0.3, -0.25) is 9.89 Å². The molecular weight excluding hydrogens is 372 g/mol. The van der Waals surface area contributed by atoms with Crippen LogP contribution in [0.4, 0.5) is 0 Å². The molecule has 3 rings (SSSR count). The topological polar surface area (TPSA) is 48.9 Å². The van der Waals surface area contributed by atoms with Crippen molar-refractivity contribution in [2.24, 2.45) is 4.99 Å². The van der Waals surface area contributed by atoms with E-state index in [1.54, 1.807) is 7.05 Å². The zero-order valence-corrected chi connectivity index (χ0v) is 17.2. The van der Waals surface area contributed by atoms with Crippen molar-refractivity contribution in [2.75, 3.05) is 39.9 Å². The summed E-state index contributed by atoms with van der Waals surface area (Å²) in [5, 5.41) is 7.55. The SMILES string of the molecule is CN=C(NCCc1ccccc1Cl)NCc1cccc(CN2CCOCC2)c1. The van der Waals surface area contributed by atoms with Crippen molar-refractivity contribution >= 4 is 17.6 Å². The van der Waals surface area contributed by atoms with Crippen LogP contribution in [0.25, 0.3) is 0 Å². The van der Waals surface area contributed by atoms with Crippen LogP contribution in [0.15, 0.2) is 53.5 Å². The monoisotopic (exact) mass is 400 g/mol. The third-order valence-electron chi connectivity index (χ3n) is 4.83. The first kappa shape index (κ1) is 20.6. The minimum atomic E-state index is 0.739. The van der Waals surface area contributed by atoms with E-state index in [-0.39, 0.29) is 0 Å². The number of guanidine groups is 1. The fourth-order valence-electron chi connectivity index (χ4n) is 3.28. The van der Waals surface area contributed by atoms with Crippen molar-refractivity contribution in [3.63, 3.8) is 0 Å². The number of nitrogens with zero attached hydrogens (tertiary/aromatic N) is 2. The average Bonchev–Trinajstić information content (AvgIpc) is 2.73. The third kappa shape index (κ3) is 6.51. The van der Waals surface area contributed by atoms with Gasteiger partial charge in [0.1, 0.15) is 0 Å². The second-order valence-corrected chi connectivity index (χ2v) is 7.31. The highest BCUT2D eigenvalue weighted by Gasteiger charge is 2.10. The van der Waals surface area contributed by atoms with Gasteiger partial charge in [0.05, 0.1) is 13.2 Å². The molecule has 1 saturated heterocycles. The maximum atomic E-state index is 6.22. The van der Waals surface area contributed by atoms with E-state index in [1.165, 1.54) is 11.1 Å². The highest BCUT2D eigenvalue weighted by atomic mass is 35.5. The molecule has 150 valence electrons. The first-order valence-electron chi connectivity index (χ1n) is 9.80. The standard InChI is InChI=1S/C22H29ClN4O/c1-24-22(25-10-9-20-7-2-3-8-21(20)23)26-16-18-5-4-6-19(15-18)17-27-11-13-28-14-12-27/h2-8,15H,9-14,16-17H2,1H3,(H2,24,25,26). The summed E-state index contributed by atoms with van der Waals surface area (Å²) in [4.78, 5) is 6.75. The van der Waals surface area contributed by atoms with Crippen molar-refractivity contribution in [1.29, 1.82) is 0 Å². The lowest BCUT2D eigenvalue weighted by molar-refractivity contribution is 0.0342. The van der Waals surface area contributed by atoms with E-state index in [1.807, 2.05) is 18.2 Å². The Kier molecular flexibility index (Phi) is 8.15. The fourth-order valence-corrected chi connectivity index (χ4v) is 3.51. The van der Waals surface area contributed by atoms with Gasteiger partial charge in [0.25, 0.3) is 0 Å². The molecule has 2 N–H and O–H groups in total. The average molecular weight is 401 g/mol. The Bertz CT molecular complexity index is 775. The molecule has 0 spiro atoms. The summed E-state index contributed by atoms with van der Waals surface area (Å²) >= 11 is 6.22. The Morgan fingerprint density at radius 1 is 1.07 bits per heavy atom. The van der Waals surface area contributed by atoms with E-state index in [0.29, 0.717) is 0 Å². The van der Waals surface area contributed by atoms with Crippen LogP contribution in [-0.4, -0.2) is 50.8 Å². The summed E-state index contributed by atoms with van der Waals surface area (Å²) in [5.74, 6) is 0.797. The number of ether oxygens (including phenoxy) is 1. The Morgan fingerprint density at radius 3 is 2.64 bits per heavy atom. The van der Waals surface area contributed by atoms with Crippen LogP contribution in [0, 0.1) is 0 Å². The lowest BCUT2D eigenvalue weighted by Gasteiger charge is -2.26. The van der Waals surface area contributed by atoms with E-state index in [4.69, 9.17) is 16.3 Å². The predicted molar refractivity (Wildman–Crippen MR) is 116 cm³/mol. The van der Waals surface area contributed by atoms with Gasteiger partial charge in [-0.15, -0.1) is 0 Å². The summed E-state index contributed by atoms with van der Waals surface area (Å²) in [5.41, 5.74) is 3.73. The molecule has 0 atom stereocenters. The van der Waals surface area contributed by atoms with Crippen molar-refractivity contribution in [3.05, 3.63) is 70.2 Å². The van der Waals surface area contributed by atoms with E-state index in [0.717, 1.165) is 68.9 Å². The molecule has 1 aliphatic rings. The Labute approximate surface area is 172 Å². The van der Waals surface area contributed by atoms with Crippen molar-refractivity contribution in [2.45, 2.75) is 19.5 Å². The first-order chi connectivity index (χ1) is 13.7. The summed E-state index contributed by atoms with van der Waals surface area (Å²) in [6, 6.07) is 16.7. The predicted octanol–water partition coefficient (Wildman–Crippen LogP) is 3.08. The van der Waals surface area contributed by atoms with Gasteiger partial charge in [0.15, 0.2) is 5.96 Å². The van der Waals surface area contributed by atoms with Gasteiger partial charge in [-0.25, -0.2) is 0 Å². The fraction of sp³-hybridized carbons (Fsp3) is 0.409. The van der Waals surface area contributed by atoms with Crippen LogP contribution in [0.1, 0.15) is 16.7 Å². The molecule has 0 bridgehead atoms. The van der Waals surface area contributed by atoms with Crippen LogP contribution in [0.2, 0.25) is 5.02 Å². The van der Waals surface area contributed by atoms with Gasteiger partial charge in [0, 0.05) is 44.8 Å². The van der Waals surface area contributed by atoms with Crippen LogP contribution in [0.5, 0.6) is 0 Å². The van der Waals surface area contributed by atoms with E-state index in [2.05, 4.69) is 50.9 Å². The maximum Gasteiger partial charge on any atom is 0.191 e. The van der Waals surface area contributed by atoms with E-state index in [9.17, 15) is 0 Å². The number of hydrogen-bond acceptors (Lipinski definition) is 3. The molecule has 28 heavy (non-hydrogen) atoms. The zero-order valence-electron chi connectivity index (χ0n) is 16.5. The largest absolute Gasteiger partial charge is 0.379 e. The summed E-state index contributed by atoms with van der Waals surface area (Å²) in [7, 11) is 1.79. The molecule has 0 unspecified atom stereocenters. The molecule has 0 aromatic heterocycles. The second-order valence-electron chi connectivity index (χ2n) is 6.90. The number of halogens is 1. The molecule has 2 aromatic rings. The second kappa shape index (κ2) is 11.1. The summed E-state index contributed by atoms with van der Waals surface area (Å²) < 4.78 is 5.43. The molecule has 0 amide bonds. The Morgan fingerprint density at radius 2 is 1.86 bits per heavy atom. The Balaban J connectivity index is 1.45. The van der Waals surface area contributed by atoms with Gasteiger partial charge >= 0.3 is 0 Å². The van der Waals surface area contributed by atoms with Crippen molar-refractivity contribution in [1.82, 2.24) is 15.5 Å². The molecular formula is C22H29ClN4O. The minimum absolute atomic E-state index is 0.739. The lowest BCUT2D eigenvalue weighted by atomic mass is 10.1. The lowest BCUT2D eigenvalue weighted by Crippen LogP contribution is -2.38. The van der Waals surface area contributed by atoms with Crippen LogP contribution >= 0.6 is 11.6 Å². The van der Waals surface area contributed by atoms with Crippen molar-refractivity contribution < 1.29 is 4.74 Å². The van der Waals surface area contributed by atoms with Gasteiger partial charge in [0.2, 0.25) is 0 Å². The molecule has 6 heteroatoms. The normalized spacial score (nSPS) is 15.4. The number of hydrogen-bond donors (Lipinski definition) is 2. The molecule has 0 aliphatic carbocycles. The van der Waals surface area contributed by atoms with Crippen LogP contribution in [0.3, 0.4) is 0 Å². The summed E-state index contributed by atoms with van der Waals surface area (Å²) in [6.45, 7) is 6.16. The molecule has 2 aromatic carbocycles. The first-order valence-corrected chi connectivity index (χ1v) is 10.2. The number of morpholine rings is 1. The summed E-state index contributed by atoms with van der Waals surface area (Å²) in [6.07, 6.45) is 0.857. The number of aliphatic imine (C=N–C) groups is 1. The van der Waals surface area contributed by atoms with Gasteiger partial charge in [-0.05, 0) is 29.2 Å². The molecule has 1 aliphatic heterocycles. The number of rotatable bonds is 7. The maximum absolute atomic E-state index is 6.22. The quantitative estimate of drug-likeness (QED) is 0.554. The zero-order chi connectivity index (χ0) is 19.6. The molecule has 1 heterocycles. The highest BCUT2D eigenvalue weighted by Crippen LogP contribution is 2.14. The molecule has 1 fully saturated rings. The molecule has 0 saturated carbocycles. The smallest absolute Gasteiger partial charge is 0.191 e. The van der Waals surface area contributed by atoms with Crippen LogP contribution in [-0.2, 0) is 24.2 Å². The highest BCUT2D eigenvalue weighted by molar-refractivity contribution is 6.31. The molecule has 5 nitrogen and oxygen atoms in total. The van der Waals surface area contributed by atoms with Gasteiger partial charge in [-0.2, -0.15) is 0 Å².